The molecule has 2 aromatic carbocycles. The van der Waals surface area contributed by atoms with Gasteiger partial charge in [0.05, 0.1) is 70.0 Å². The van der Waals surface area contributed by atoms with Crippen LogP contribution in [0.2, 0.25) is 0 Å². The number of piperidine rings is 2. The second-order valence-corrected chi connectivity index (χ2v) is 22.3. The third kappa shape index (κ3) is 14.4. The fourth-order valence-electron chi connectivity index (χ4n) is 10.5. The van der Waals surface area contributed by atoms with Crippen LogP contribution in [-0.2, 0) is 19.1 Å². The molecule has 19 heteroatoms. The first kappa shape index (κ1) is 58.9. The number of nitrogens with one attached hydrogen (secondary N) is 5. The molecule has 1 amide bonds. The molecule has 0 radical (unpaired) electrons. The van der Waals surface area contributed by atoms with Gasteiger partial charge in [0.1, 0.15) is 23.0 Å². The number of carbonyl (C=O) groups is 2. The second kappa shape index (κ2) is 25.9. The summed E-state index contributed by atoms with van der Waals surface area (Å²) in [5.41, 5.74) is 9.42. The van der Waals surface area contributed by atoms with E-state index in [9.17, 15) is 19.2 Å². The molecule has 0 atom stereocenters. The Morgan fingerprint density at radius 2 is 1.05 bits per heavy atom. The van der Waals surface area contributed by atoms with Gasteiger partial charge in [0.15, 0.2) is 0 Å². The van der Waals surface area contributed by atoms with Crippen molar-refractivity contribution < 1.29 is 24.2 Å². The molecule has 0 saturated carbocycles. The van der Waals surface area contributed by atoms with Crippen molar-refractivity contribution in [3.63, 3.8) is 0 Å². The third-order valence-corrected chi connectivity index (χ3v) is 14.8. The first-order chi connectivity index (χ1) is 38.7. The van der Waals surface area contributed by atoms with Crippen LogP contribution in [0.1, 0.15) is 98.9 Å². The number of ether oxygens (including phenoxy) is 2. The molecule has 2 saturated heterocycles. The summed E-state index contributed by atoms with van der Waals surface area (Å²) in [6.07, 6.45) is 14.2. The molecule has 2 aliphatic rings. The van der Waals surface area contributed by atoms with Crippen molar-refractivity contribution in [3.8, 4) is 22.8 Å². The number of hydrogen-bond acceptors (Lipinski definition) is 15. The Hall–Kier alpha value is -8.26. The number of aryl methyl sites for hydroxylation is 4. The number of hydrogen-bond donors (Lipinski definition) is 6. The van der Waals surface area contributed by atoms with Crippen molar-refractivity contribution in [2.24, 2.45) is 10.8 Å². The molecular weight excluding hydrogens is 1020 g/mol. The number of aromatic amines is 2. The number of carbonyl (C=O) groups excluding carboxylic acids is 1. The molecule has 424 valence electrons. The number of pyridine rings is 4. The summed E-state index contributed by atoms with van der Waals surface area (Å²) < 4.78 is 9.95. The fourth-order valence-corrected chi connectivity index (χ4v) is 10.5. The number of methoxy groups -OCH3 is 2. The summed E-state index contributed by atoms with van der Waals surface area (Å²) in [4.78, 5) is 83.4. The van der Waals surface area contributed by atoms with Crippen LogP contribution < -0.4 is 27.1 Å². The molecule has 0 spiro atoms. The molecule has 6 N–H and O–H groups in total. The highest BCUT2D eigenvalue weighted by molar-refractivity contribution is 5.96. The number of benzene rings is 2. The number of aliphatic carboxylic acids is 1. The number of rotatable bonds is 14. The van der Waals surface area contributed by atoms with Crippen LogP contribution in [-0.4, -0.2) is 115 Å². The van der Waals surface area contributed by atoms with E-state index in [2.05, 4.69) is 94.8 Å². The first-order valence-corrected chi connectivity index (χ1v) is 27.3. The van der Waals surface area contributed by atoms with Gasteiger partial charge in [-0.15, -0.1) is 0 Å². The van der Waals surface area contributed by atoms with Crippen molar-refractivity contribution in [3.05, 3.63) is 152 Å². The molecule has 2 aliphatic heterocycles. The van der Waals surface area contributed by atoms with Gasteiger partial charge in [0.2, 0.25) is 5.91 Å². The zero-order chi connectivity index (χ0) is 58.0. The summed E-state index contributed by atoms with van der Waals surface area (Å²) in [5, 5.41) is 21.3. The lowest BCUT2D eigenvalue weighted by Gasteiger charge is -2.37. The molecule has 0 aliphatic carbocycles. The Bertz CT molecular complexity index is 3660. The predicted molar refractivity (Wildman–Crippen MR) is 318 cm³/mol. The zero-order valence-corrected chi connectivity index (χ0v) is 48.0. The Balaban J connectivity index is 0.000000188. The number of H-pyrrole nitrogens is 2. The molecule has 0 bridgehead atoms. The highest BCUT2D eigenvalue weighted by Crippen LogP contribution is 2.36. The maximum Gasteiger partial charge on any atom is 0.311 e. The molecule has 19 nitrogen and oxygen atoms in total. The van der Waals surface area contributed by atoms with E-state index in [0.29, 0.717) is 63.6 Å². The molecule has 6 aromatic heterocycles. The highest BCUT2D eigenvalue weighted by atomic mass is 16.5. The molecule has 8 heterocycles. The zero-order valence-electron chi connectivity index (χ0n) is 48.0. The molecule has 81 heavy (non-hydrogen) atoms. The minimum absolute atomic E-state index is 0.151. The lowest BCUT2D eigenvalue weighted by atomic mass is 9.85. The Morgan fingerprint density at radius 1 is 0.605 bits per heavy atom. The first-order valence-electron chi connectivity index (χ1n) is 27.3. The number of carboxylic acids is 1. The minimum atomic E-state index is -0.829. The topological polar surface area (TPSA) is 255 Å². The van der Waals surface area contributed by atoms with E-state index in [1.165, 1.54) is 23.8 Å². The molecular formula is C62H74N12O7. The molecule has 8 aromatic rings. The average molecular weight is 1100 g/mol. The third-order valence-electron chi connectivity index (χ3n) is 14.8. The number of aromatic nitrogens is 8. The number of likely N-dealkylation sites (tertiary alicyclic amines) is 1. The largest absolute Gasteiger partial charge is 0.481 e. The predicted octanol–water partition coefficient (Wildman–Crippen LogP) is 10.1. The van der Waals surface area contributed by atoms with Crippen LogP contribution in [0.25, 0.3) is 44.3 Å². The van der Waals surface area contributed by atoms with Crippen LogP contribution in [0, 0.1) is 38.5 Å². The number of amides is 1. The molecule has 0 unspecified atom stereocenters. The van der Waals surface area contributed by atoms with Gasteiger partial charge < -0.3 is 45.4 Å². The summed E-state index contributed by atoms with van der Waals surface area (Å²) in [7, 11) is 3.12. The van der Waals surface area contributed by atoms with Crippen molar-refractivity contribution in [1.82, 2.24) is 50.1 Å². The fraction of sp³-hybridized carbons (Fsp3) is 0.387. The minimum Gasteiger partial charge on any atom is -0.481 e. The standard InChI is InChI=1S/C31H36N6O3.C25H26N6O.C6H12O3/c1-19-14-23(6-7-24(19)21-9-12-37(13-10-21)30(39)31(3,4)18-40-5)35-28-27-22(8-11-33-29(27)38)15-25(36-28)26-17-32-16-20(2)34-26;1-15-11-19(3-4-20(15)17-5-8-26-9-6-17)30-24-23-18(7-10-28-25(23)32)12-21(31-24)22-14-27-13-16(2)29-22;1-6(2,4-9-3)5(7)8/h6-8,11,14-17,21H,9-10,12-13,18H2,1-5H3,(H,33,38)(H,35,36);3-4,7,10-14,17,26H,5-6,8-9H2,1-2H3,(H,28,32)(H,30,31);4H2,1-3H3,(H,7,8). The van der Waals surface area contributed by atoms with E-state index >= 15 is 0 Å². The van der Waals surface area contributed by atoms with Gasteiger partial charge in [-0.05, 0) is 188 Å². The van der Waals surface area contributed by atoms with Crippen LogP contribution in [0.5, 0.6) is 0 Å². The van der Waals surface area contributed by atoms with Gasteiger partial charge in [-0.1, -0.05) is 12.1 Å². The normalized spacial score (nSPS) is 14.2. The Kier molecular flexibility index (Phi) is 18.8. The van der Waals surface area contributed by atoms with Gasteiger partial charge in [-0.25, -0.2) is 19.9 Å². The van der Waals surface area contributed by atoms with Crippen LogP contribution >= 0.6 is 0 Å². The summed E-state index contributed by atoms with van der Waals surface area (Å²) >= 11 is 0. The Morgan fingerprint density at radius 3 is 1.46 bits per heavy atom. The van der Waals surface area contributed by atoms with Crippen LogP contribution in [0.4, 0.5) is 23.0 Å². The van der Waals surface area contributed by atoms with Gasteiger partial charge in [-0.2, -0.15) is 0 Å². The van der Waals surface area contributed by atoms with Crippen molar-refractivity contribution in [1.29, 1.82) is 0 Å². The second-order valence-electron chi connectivity index (χ2n) is 22.3. The number of nitrogens with zero attached hydrogens (tertiary/aromatic N) is 7. The summed E-state index contributed by atoms with van der Waals surface area (Å²) in [6, 6.07) is 20.2. The van der Waals surface area contributed by atoms with E-state index in [0.717, 1.165) is 91.0 Å². The monoisotopic (exact) mass is 1100 g/mol. The van der Waals surface area contributed by atoms with Crippen molar-refractivity contribution in [2.75, 3.05) is 64.2 Å². The quantitative estimate of drug-likeness (QED) is 0.0592. The maximum atomic E-state index is 13.0. The van der Waals surface area contributed by atoms with E-state index < -0.39 is 16.8 Å². The lowest BCUT2D eigenvalue weighted by Crippen LogP contribution is -2.46. The SMILES string of the molecule is COCC(C)(C)C(=O)N1CCC(c2ccc(Nc3nc(-c4cncc(C)n4)cc4cc[nH]c(=O)c34)cc2C)CC1.COCC(C)(C)C(=O)O.Cc1cncc(-c2cc3cc[nH]c(=O)c3c(Nc3ccc(C4CCNCC4)c(C)c3)n2)n1. The van der Waals surface area contributed by atoms with E-state index in [1.807, 2.05) is 62.9 Å². The summed E-state index contributed by atoms with van der Waals surface area (Å²) in [6.45, 7) is 19.5. The summed E-state index contributed by atoms with van der Waals surface area (Å²) in [5.74, 6) is 1.28. The smallest absolute Gasteiger partial charge is 0.311 e. The van der Waals surface area contributed by atoms with E-state index in [1.54, 1.807) is 58.1 Å². The highest BCUT2D eigenvalue weighted by Gasteiger charge is 2.35. The number of carboxylic acid groups (broad SMARTS) is 1. The van der Waals surface area contributed by atoms with E-state index in [-0.39, 0.29) is 23.6 Å². The number of anilines is 4. The van der Waals surface area contributed by atoms with Gasteiger partial charge >= 0.3 is 5.97 Å². The van der Waals surface area contributed by atoms with Crippen LogP contribution in [0.15, 0.2) is 107 Å². The van der Waals surface area contributed by atoms with Crippen LogP contribution in [0.3, 0.4) is 0 Å². The van der Waals surface area contributed by atoms with Gasteiger partial charge in [0, 0.05) is 63.5 Å². The number of fused-ring (bicyclic) bond motifs is 2. The molecule has 2 fully saturated rings. The van der Waals surface area contributed by atoms with Gasteiger partial charge in [0.25, 0.3) is 11.1 Å². The van der Waals surface area contributed by atoms with Crippen molar-refractivity contribution in [2.45, 2.75) is 92.9 Å². The van der Waals surface area contributed by atoms with Gasteiger partial charge in [-0.3, -0.25) is 29.1 Å². The molecule has 10 rings (SSSR count). The average Bonchev–Trinajstić information content (AvgIpc) is 3.47. The Labute approximate surface area is 471 Å². The lowest BCUT2D eigenvalue weighted by molar-refractivity contribution is -0.149. The maximum absolute atomic E-state index is 13.0. The van der Waals surface area contributed by atoms with Crippen molar-refractivity contribution >= 4 is 56.4 Å². The van der Waals surface area contributed by atoms with E-state index in [4.69, 9.17) is 19.8 Å².